The minimum Gasteiger partial charge on any atom is -0.354 e. The fourth-order valence-corrected chi connectivity index (χ4v) is 3.31. The molecule has 0 rings (SSSR count). The summed E-state index contributed by atoms with van der Waals surface area (Å²) >= 11 is 0. The zero-order valence-corrected chi connectivity index (χ0v) is 24.8. The molecule has 0 heterocycles. The topological polar surface area (TPSA) is 163 Å². The van der Waals surface area contributed by atoms with Crippen LogP contribution in [0, 0.1) is 5.41 Å². The fraction of sp³-hybridized carbons (Fsp3) is 0.962. The summed E-state index contributed by atoms with van der Waals surface area (Å²) in [6, 6.07) is 0. The average molecular weight is 546 g/mol. The predicted octanol–water partition coefficient (Wildman–Crippen LogP) is -3.20. The van der Waals surface area contributed by atoms with Crippen LogP contribution < -0.4 is 58.9 Å². The Morgan fingerprint density at radius 1 is 0.474 bits per heavy atom. The van der Waals surface area contributed by atoms with Gasteiger partial charge in [-0.2, -0.15) is 0 Å². The second kappa shape index (κ2) is 29.1. The molecule has 0 aliphatic rings. The van der Waals surface area contributed by atoms with E-state index in [9.17, 15) is 4.79 Å². The van der Waals surface area contributed by atoms with Crippen LogP contribution in [0.2, 0.25) is 0 Å². The third-order valence-corrected chi connectivity index (χ3v) is 6.24. The Bertz CT molecular complexity index is 498. The number of amides is 1. The van der Waals surface area contributed by atoms with Crippen LogP contribution in [0.3, 0.4) is 0 Å². The summed E-state index contributed by atoms with van der Waals surface area (Å²) in [5, 5.41) is 33.7. The molecule has 38 heavy (non-hydrogen) atoms. The van der Waals surface area contributed by atoms with Crippen molar-refractivity contribution in [2.75, 3.05) is 131 Å². The molecule has 228 valence electrons. The van der Waals surface area contributed by atoms with Gasteiger partial charge in [0.15, 0.2) is 0 Å². The Hall–Kier alpha value is -0.930. The van der Waals surface area contributed by atoms with Gasteiger partial charge in [-0.3, -0.25) is 4.79 Å². The first-order valence-electron chi connectivity index (χ1n) is 14.9. The first kappa shape index (κ1) is 37.1. The summed E-state index contributed by atoms with van der Waals surface area (Å²) in [5.74, 6) is 0.132. The van der Waals surface area contributed by atoms with Gasteiger partial charge in [-0.15, -0.1) is 0 Å². The molecule has 0 atom stereocenters. The molecule has 0 aliphatic carbocycles. The van der Waals surface area contributed by atoms with E-state index in [1.165, 1.54) is 0 Å². The van der Waals surface area contributed by atoms with Gasteiger partial charge in [0.1, 0.15) is 0 Å². The Labute approximate surface area is 233 Å². The Morgan fingerprint density at radius 2 is 0.711 bits per heavy atom. The minimum atomic E-state index is -0.280. The summed E-state index contributed by atoms with van der Waals surface area (Å²) in [6.45, 7) is 24.6. The molecule has 0 bridgehead atoms. The molecule has 1 amide bonds. The molecular weight excluding hydrogens is 482 g/mol. The van der Waals surface area contributed by atoms with E-state index in [-0.39, 0.29) is 11.3 Å². The molecule has 0 aromatic rings. The molecule has 12 heteroatoms. The molecule has 0 saturated carbocycles. The summed E-state index contributed by atoms with van der Waals surface area (Å²) in [5.41, 5.74) is 5.15. The number of nitrogens with one attached hydrogen (secondary N) is 10. The van der Waals surface area contributed by atoms with E-state index in [4.69, 9.17) is 5.73 Å². The van der Waals surface area contributed by atoms with Gasteiger partial charge in [0.25, 0.3) is 0 Å². The summed E-state index contributed by atoms with van der Waals surface area (Å²) in [7, 11) is 0. The Balaban J connectivity index is 3.11. The lowest BCUT2D eigenvalue weighted by molar-refractivity contribution is -0.129. The van der Waals surface area contributed by atoms with Gasteiger partial charge in [-0.1, -0.05) is 20.8 Å². The highest BCUT2D eigenvalue weighted by Gasteiger charge is 2.24. The molecule has 0 spiro atoms. The average Bonchev–Trinajstić information content (AvgIpc) is 2.92. The minimum absolute atomic E-state index is 0.132. The third kappa shape index (κ3) is 26.7. The van der Waals surface area contributed by atoms with E-state index < -0.39 is 0 Å². The highest BCUT2D eigenvalue weighted by atomic mass is 16.2. The predicted molar refractivity (Wildman–Crippen MR) is 162 cm³/mol. The van der Waals surface area contributed by atoms with Crippen molar-refractivity contribution in [3.8, 4) is 0 Å². The number of carbonyl (C=O) groups excluding carboxylic acids is 1. The van der Waals surface area contributed by atoms with E-state index in [1.54, 1.807) is 0 Å². The van der Waals surface area contributed by atoms with Crippen LogP contribution in [0.1, 0.15) is 27.2 Å². The zero-order chi connectivity index (χ0) is 28.0. The fourth-order valence-electron chi connectivity index (χ4n) is 3.31. The summed E-state index contributed by atoms with van der Waals surface area (Å²) in [6.07, 6.45) is 0.850. The quantitative estimate of drug-likeness (QED) is 0.0398. The van der Waals surface area contributed by atoms with Gasteiger partial charge in [-0.25, -0.2) is 0 Å². The van der Waals surface area contributed by atoms with Gasteiger partial charge >= 0.3 is 0 Å². The van der Waals surface area contributed by atoms with Crippen molar-refractivity contribution in [1.82, 2.24) is 53.2 Å². The normalized spacial score (nSPS) is 11.8. The van der Waals surface area contributed by atoms with E-state index in [0.717, 1.165) is 124 Å². The number of rotatable bonds is 31. The second-order valence-corrected chi connectivity index (χ2v) is 10.0. The number of nitrogens with two attached hydrogens (primary N) is 1. The standard InChI is InChI=1S/C26H63N11O/c1-4-26(2,3)25(38)37-24-23-36-22-21-35-20-19-34-18-17-33-16-15-32-14-13-31-12-11-30-10-9-29-8-7-28-6-5-27/h28-36H,4-24,27H2,1-3H3,(H,37,38). The Kier molecular flexibility index (Phi) is 28.4. The molecule has 12 nitrogen and oxygen atoms in total. The van der Waals surface area contributed by atoms with Crippen LogP contribution in [-0.2, 0) is 4.79 Å². The highest BCUT2D eigenvalue weighted by molar-refractivity contribution is 5.81. The monoisotopic (exact) mass is 546 g/mol. The summed E-state index contributed by atoms with van der Waals surface area (Å²) < 4.78 is 0. The second-order valence-electron chi connectivity index (χ2n) is 10.0. The van der Waals surface area contributed by atoms with Crippen LogP contribution in [0.25, 0.3) is 0 Å². The van der Waals surface area contributed by atoms with Gasteiger partial charge in [-0.05, 0) is 6.42 Å². The van der Waals surface area contributed by atoms with Gasteiger partial charge < -0.3 is 58.9 Å². The van der Waals surface area contributed by atoms with Crippen molar-refractivity contribution >= 4 is 5.91 Å². The molecule has 12 N–H and O–H groups in total. The first-order valence-corrected chi connectivity index (χ1v) is 14.9. The van der Waals surface area contributed by atoms with E-state index in [2.05, 4.69) is 53.2 Å². The van der Waals surface area contributed by atoms with E-state index in [1.807, 2.05) is 20.8 Å². The SMILES string of the molecule is CCC(C)(C)C(=O)NCCNCCNCCNCCNCCNCCNCCNCCNCCNCCN. The molecular formula is C26H63N11O. The maximum absolute atomic E-state index is 12.0. The molecule has 0 unspecified atom stereocenters. The first-order chi connectivity index (χ1) is 18.5. The zero-order valence-electron chi connectivity index (χ0n) is 24.8. The maximum Gasteiger partial charge on any atom is 0.225 e. The lowest BCUT2D eigenvalue weighted by Crippen LogP contribution is -2.41. The third-order valence-electron chi connectivity index (χ3n) is 6.24. The molecule has 0 radical (unpaired) electrons. The number of hydrogen-bond donors (Lipinski definition) is 11. The van der Waals surface area contributed by atoms with Crippen molar-refractivity contribution in [2.45, 2.75) is 27.2 Å². The van der Waals surface area contributed by atoms with Crippen LogP contribution in [-0.4, -0.2) is 137 Å². The van der Waals surface area contributed by atoms with Crippen molar-refractivity contribution < 1.29 is 4.79 Å². The largest absolute Gasteiger partial charge is 0.354 e. The number of hydrogen-bond acceptors (Lipinski definition) is 11. The Morgan fingerprint density at radius 3 is 0.947 bits per heavy atom. The molecule has 0 fully saturated rings. The number of carbonyl (C=O) groups is 1. The van der Waals surface area contributed by atoms with Crippen LogP contribution in [0.15, 0.2) is 0 Å². The summed E-state index contributed by atoms with van der Waals surface area (Å²) in [4.78, 5) is 12.0. The lowest BCUT2D eigenvalue weighted by Gasteiger charge is -2.21. The molecule has 0 aromatic carbocycles. The molecule has 0 aliphatic heterocycles. The van der Waals surface area contributed by atoms with Crippen LogP contribution >= 0.6 is 0 Å². The smallest absolute Gasteiger partial charge is 0.225 e. The van der Waals surface area contributed by atoms with Crippen molar-refractivity contribution in [3.63, 3.8) is 0 Å². The van der Waals surface area contributed by atoms with E-state index in [0.29, 0.717) is 13.1 Å². The van der Waals surface area contributed by atoms with Crippen LogP contribution in [0.5, 0.6) is 0 Å². The lowest BCUT2D eigenvalue weighted by atomic mass is 9.89. The van der Waals surface area contributed by atoms with Crippen molar-refractivity contribution in [1.29, 1.82) is 0 Å². The van der Waals surface area contributed by atoms with Gasteiger partial charge in [0.05, 0.1) is 0 Å². The van der Waals surface area contributed by atoms with Crippen molar-refractivity contribution in [3.05, 3.63) is 0 Å². The van der Waals surface area contributed by atoms with Crippen molar-refractivity contribution in [2.24, 2.45) is 11.1 Å². The van der Waals surface area contributed by atoms with Gasteiger partial charge in [0, 0.05) is 136 Å². The molecule has 0 saturated heterocycles. The maximum atomic E-state index is 12.0. The molecule has 0 aromatic heterocycles. The van der Waals surface area contributed by atoms with Gasteiger partial charge in [0.2, 0.25) is 5.91 Å². The van der Waals surface area contributed by atoms with E-state index >= 15 is 0 Å². The van der Waals surface area contributed by atoms with Crippen LogP contribution in [0.4, 0.5) is 0 Å². The highest BCUT2D eigenvalue weighted by Crippen LogP contribution is 2.18.